The number of benzene rings is 2. The summed E-state index contributed by atoms with van der Waals surface area (Å²) in [5.74, 6) is -2.50. The van der Waals surface area contributed by atoms with E-state index >= 15 is 0 Å². The van der Waals surface area contributed by atoms with Crippen molar-refractivity contribution in [1.82, 2.24) is 9.62 Å². The molecule has 1 fully saturated rings. The lowest BCUT2D eigenvalue weighted by Gasteiger charge is -2.32. The van der Waals surface area contributed by atoms with Crippen molar-refractivity contribution in [3.05, 3.63) is 65.2 Å². The highest BCUT2D eigenvalue weighted by atomic mass is 32.2. The number of carbonyl (C=O) groups is 1. The number of alkyl halides is 3. The number of sulfonamides is 1. The Morgan fingerprint density at radius 2 is 1.67 bits per heavy atom. The monoisotopic (exact) mass is 448 g/mol. The molecular weight excluding hydrogens is 431 g/mol. The first-order valence-corrected chi connectivity index (χ1v) is 10.4. The van der Waals surface area contributed by atoms with Crippen LogP contribution in [0.4, 0.5) is 22.0 Å². The normalized spacial score (nSPS) is 16.0. The molecule has 0 bridgehead atoms. The van der Waals surface area contributed by atoms with Gasteiger partial charge >= 0.3 is 6.18 Å². The highest BCUT2D eigenvalue weighted by molar-refractivity contribution is 7.89. The van der Waals surface area contributed by atoms with Crippen LogP contribution >= 0.6 is 0 Å². The third kappa shape index (κ3) is 4.78. The molecule has 0 unspecified atom stereocenters. The molecule has 0 atom stereocenters. The number of likely N-dealkylation sites (tertiary alicyclic amines) is 1. The molecule has 1 amide bonds. The van der Waals surface area contributed by atoms with Crippen LogP contribution in [0.5, 0.6) is 0 Å². The fourth-order valence-corrected chi connectivity index (χ4v) is 4.78. The summed E-state index contributed by atoms with van der Waals surface area (Å²) in [5.41, 5.74) is -1.58. The van der Waals surface area contributed by atoms with E-state index in [2.05, 4.69) is 4.72 Å². The maximum absolute atomic E-state index is 13.8. The number of amides is 1. The molecule has 11 heteroatoms. The van der Waals surface area contributed by atoms with Gasteiger partial charge in [0.2, 0.25) is 10.0 Å². The molecule has 1 aliphatic heterocycles. The Morgan fingerprint density at radius 1 is 1.03 bits per heavy atom. The lowest BCUT2D eigenvalue weighted by atomic mass is 10.0. The molecule has 2 aromatic carbocycles. The predicted molar refractivity (Wildman–Crippen MR) is 97.0 cm³/mol. The van der Waals surface area contributed by atoms with Gasteiger partial charge in [0.25, 0.3) is 5.91 Å². The molecule has 1 N–H and O–H groups in total. The van der Waals surface area contributed by atoms with Gasteiger partial charge in [-0.25, -0.2) is 21.9 Å². The zero-order chi connectivity index (χ0) is 22.1. The molecule has 1 aliphatic rings. The van der Waals surface area contributed by atoms with Gasteiger partial charge in [-0.1, -0.05) is 12.1 Å². The van der Waals surface area contributed by atoms with Crippen LogP contribution < -0.4 is 4.72 Å². The number of nitrogens with one attached hydrogen (secondary N) is 1. The standard InChI is InChI=1S/C19H17F5N2O3S/c20-12-5-6-14(16(21)11-12)18(27)26-9-7-13(8-10-26)25-30(28,29)17-4-2-1-3-15(17)19(22,23)24/h1-6,11,13,25H,7-10H2. The summed E-state index contributed by atoms with van der Waals surface area (Å²) < 4.78 is 93.4. The van der Waals surface area contributed by atoms with E-state index in [1.165, 1.54) is 11.0 Å². The van der Waals surface area contributed by atoms with Crippen molar-refractivity contribution in [3.63, 3.8) is 0 Å². The lowest BCUT2D eigenvalue weighted by molar-refractivity contribution is -0.139. The van der Waals surface area contributed by atoms with E-state index in [1.54, 1.807) is 0 Å². The Balaban J connectivity index is 1.68. The zero-order valence-corrected chi connectivity index (χ0v) is 16.2. The van der Waals surface area contributed by atoms with Crippen LogP contribution in [0.15, 0.2) is 47.4 Å². The van der Waals surface area contributed by atoms with Gasteiger partial charge in [0.15, 0.2) is 0 Å². The Hall–Kier alpha value is -2.53. The van der Waals surface area contributed by atoms with Crippen molar-refractivity contribution in [3.8, 4) is 0 Å². The maximum atomic E-state index is 13.8. The SMILES string of the molecule is O=C(c1ccc(F)cc1F)N1CCC(NS(=O)(=O)c2ccccc2C(F)(F)F)CC1. The second kappa shape index (κ2) is 8.31. The largest absolute Gasteiger partial charge is 0.417 e. The number of hydrogen-bond donors (Lipinski definition) is 1. The van der Waals surface area contributed by atoms with Crippen LogP contribution in [0.1, 0.15) is 28.8 Å². The fraction of sp³-hybridized carbons (Fsp3) is 0.316. The van der Waals surface area contributed by atoms with Gasteiger partial charge in [-0.2, -0.15) is 13.2 Å². The third-order valence-electron chi connectivity index (χ3n) is 4.75. The van der Waals surface area contributed by atoms with Gasteiger partial charge in [0.05, 0.1) is 16.0 Å². The van der Waals surface area contributed by atoms with Crippen LogP contribution in [0.25, 0.3) is 0 Å². The fourth-order valence-electron chi connectivity index (χ4n) is 3.25. The van der Waals surface area contributed by atoms with E-state index in [4.69, 9.17) is 0 Å². The molecule has 162 valence electrons. The minimum atomic E-state index is -4.83. The molecule has 3 rings (SSSR count). The minimum absolute atomic E-state index is 0.0593. The minimum Gasteiger partial charge on any atom is -0.338 e. The van der Waals surface area contributed by atoms with Crippen LogP contribution in [-0.2, 0) is 16.2 Å². The number of halogens is 5. The molecule has 5 nitrogen and oxygen atoms in total. The van der Waals surface area contributed by atoms with E-state index in [0.29, 0.717) is 12.1 Å². The zero-order valence-electron chi connectivity index (χ0n) is 15.4. The average Bonchev–Trinajstić information content (AvgIpc) is 2.67. The molecular formula is C19H17F5N2O3S. The topological polar surface area (TPSA) is 66.5 Å². The molecule has 30 heavy (non-hydrogen) atoms. The number of hydrogen-bond acceptors (Lipinski definition) is 3. The quantitative estimate of drug-likeness (QED) is 0.728. The maximum Gasteiger partial charge on any atom is 0.417 e. The molecule has 1 saturated heterocycles. The van der Waals surface area contributed by atoms with Crippen LogP contribution in [0, 0.1) is 11.6 Å². The highest BCUT2D eigenvalue weighted by Gasteiger charge is 2.38. The van der Waals surface area contributed by atoms with Crippen molar-refractivity contribution in [2.45, 2.75) is 30.0 Å². The van der Waals surface area contributed by atoms with Crippen molar-refractivity contribution >= 4 is 15.9 Å². The Kier molecular flexibility index (Phi) is 6.14. The predicted octanol–water partition coefficient (Wildman–Crippen LogP) is 3.57. The highest BCUT2D eigenvalue weighted by Crippen LogP contribution is 2.34. The third-order valence-corrected chi connectivity index (χ3v) is 6.33. The van der Waals surface area contributed by atoms with Crippen LogP contribution in [-0.4, -0.2) is 38.4 Å². The number of carbonyl (C=O) groups excluding carboxylic acids is 1. The second-order valence-corrected chi connectivity index (χ2v) is 8.49. The van der Waals surface area contributed by atoms with Crippen LogP contribution in [0.3, 0.4) is 0 Å². The number of rotatable bonds is 4. The molecule has 2 aromatic rings. The van der Waals surface area contributed by atoms with Gasteiger partial charge in [-0.15, -0.1) is 0 Å². The van der Waals surface area contributed by atoms with E-state index in [1.807, 2.05) is 0 Å². The van der Waals surface area contributed by atoms with Crippen LogP contribution in [0.2, 0.25) is 0 Å². The summed E-state index contributed by atoms with van der Waals surface area (Å²) in [6, 6.07) is 5.73. The summed E-state index contributed by atoms with van der Waals surface area (Å²) in [7, 11) is -4.45. The Labute approximate surface area is 169 Å². The molecule has 0 spiro atoms. The Morgan fingerprint density at radius 3 is 2.27 bits per heavy atom. The van der Waals surface area contributed by atoms with Gasteiger partial charge < -0.3 is 4.90 Å². The average molecular weight is 448 g/mol. The Bertz CT molecular complexity index is 1050. The molecule has 0 aromatic heterocycles. The van der Waals surface area contributed by atoms with Gasteiger partial charge in [0, 0.05) is 25.2 Å². The van der Waals surface area contributed by atoms with Gasteiger partial charge in [-0.3, -0.25) is 4.79 Å². The molecule has 0 radical (unpaired) electrons. The summed E-state index contributed by atoms with van der Waals surface area (Å²) in [4.78, 5) is 12.8. The van der Waals surface area contributed by atoms with Crippen molar-refractivity contribution in [2.24, 2.45) is 0 Å². The van der Waals surface area contributed by atoms with Gasteiger partial charge in [0.1, 0.15) is 11.6 Å². The molecule has 0 aliphatic carbocycles. The first kappa shape index (κ1) is 22.2. The van der Waals surface area contributed by atoms with E-state index < -0.39 is 50.2 Å². The van der Waals surface area contributed by atoms with Crippen molar-refractivity contribution in [1.29, 1.82) is 0 Å². The van der Waals surface area contributed by atoms with Crippen molar-refractivity contribution < 1.29 is 35.2 Å². The summed E-state index contributed by atoms with van der Waals surface area (Å²) in [5, 5.41) is 0. The number of nitrogens with zero attached hydrogens (tertiary/aromatic N) is 1. The van der Waals surface area contributed by atoms with Crippen molar-refractivity contribution in [2.75, 3.05) is 13.1 Å². The summed E-state index contributed by atoms with van der Waals surface area (Å²) in [6.07, 6.45) is -4.58. The first-order chi connectivity index (χ1) is 14.0. The smallest absolute Gasteiger partial charge is 0.338 e. The second-order valence-electron chi connectivity index (χ2n) is 6.81. The van der Waals surface area contributed by atoms with E-state index in [-0.39, 0.29) is 31.5 Å². The lowest BCUT2D eigenvalue weighted by Crippen LogP contribution is -2.46. The first-order valence-electron chi connectivity index (χ1n) is 8.92. The van der Waals surface area contributed by atoms with Gasteiger partial charge in [-0.05, 0) is 37.1 Å². The van der Waals surface area contributed by atoms with E-state index in [0.717, 1.165) is 24.3 Å². The number of piperidine rings is 1. The summed E-state index contributed by atoms with van der Waals surface area (Å²) in [6.45, 7) is 0.119. The molecule has 0 saturated carbocycles. The summed E-state index contributed by atoms with van der Waals surface area (Å²) >= 11 is 0. The van der Waals surface area contributed by atoms with E-state index in [9.17, 15) is 35.2 Å². The molecule has 1 heterocycles.